The van der Waals surface area contributed by atoms with Gasteiger partial charge in [0.05, 0.1) is 5.75 Å². The Labute approximate surface area is 158 Å². The van der Waals surface area contributed by atoms with E-state index in [2.05, 4.69) is 53.4 Å². The summed E-state index contributed by atoms with van der Waals surface area (Å²) in [7, 11) is 0. The van der Waals surface area contributed by atoms with Gasteiger partial charge < -0.3 is 9.88 Å². The number of amides is 1. The van der Waals surface area contributed by atoms with Gasteiger partial charge in [0.1, 0.15) is 5.65 Å². The number of fused-ring (bicyclic) bond motifs is 1. The Balaban J connectivity index is 1.33. The second-order valence-corrected chi connectivity index (χ2v) is 7.95. The molecule has 5 heteroatoms. The number of thioether (sulfide) groups is 1. The molecule has 2 aromatic heterocycles. The second kappa shape index (κ2) is 7.54. The van der Waals surface area contributed by atoms with E-state index in [0.717, 1.165) is 36.5 Å². The molecule has 0 unspecified atom stereocenters. The molecule has 26 heavy (non-hydrogen) atoms. The van der Waals surface area contributed by atoms with Crippen LogP contribution < -0.4 is 0 Å². The van der Waals surface area contributed by atoms with Crippen LogP contribution in [0.3, 0.4) is 0 Å². The molecule has 134 valence electrons. The zero-order valence-corrected chi connectivity index (χ0v) is 15.8. The van der Waals surface area contributed by atoms with Gasteiger partial charge in [-0.25, -0.2) is 4.98 Å². The predicted octanol–water partition coefficient (Wildman–Crippen LogP) is 4.37. The summed E-state index contributed by atoms with van der Waals surface area (Å²) in [6, 6.07) is 12.5. The van der Waals surface area contributed by atoms with Gasteiger partial charge in [0, 0.05) is 35.8 Å². The van der Waals surface area contributed by atoms with E-state index in [1.807, 2.05) is 17.2 Å². The highest BCUT2D eigenvalue weighted by molar-refractivity contribution is 8.00. The predicted molar refractivity (Wildman–Crippen MR) is 107 cm³/mol. The molecular weight excluding hydrogens is 342 g/mol. The molecule has 1 N–H and O–H groups in total. The van der Waals surface area contributed by atoms with Crippen molar-refractivity contribution in [1.82, 2.24) is 14.9 Å². The number of likely N-dealkylation sites (tertiary alicyclic amines) is 1. The number of nitrogens with one attached hydrogen (secondary N) is 1. The first kappa shape index (κ1) is 17.2. The average molecular weight is 366 g/mol. The molecular formula is C21H23N3OS. The van der Waals surface area contributed by atoms with Crippen LogP contribution in [0.25, 0.3) is 11.0 Å². The Morgan fingerprint density at radius 3 is 2.77 bits per heavy atom. The molecule has 0 spiro atoms. The van der Waals surface area contributed by atoms with Crippen LogP contribution in [0.4, 0.5) is 0 Å². The third-order valence-corrected chi connectivity index (χ3v) is 6.15. The topological polar surface area (TPSA) is 49.0 Å². The number of H-pyrrole nitrogens is 1. The lowest BCUT2D eigenvalue weighted by atomic mass is 9.89. The minimum atomic E-state index is 0.245. The molecule has 1 aromatic carbocycles. The number of hydrogen-bond donors (Lipinski definition) is 1. The highest BCUT2D eigenvalue weighted by Gasteiger charge is 2.25. The summed E-state index contributed by atoms with van der Waals surface area (Å²) in [4.78, 5) is 23.4. The van der Waals surface area contributed by atoms with Gasteiger partial charge in [-0.1, -0.05) is 17.7 Å². The zero-order valence-electron chi connectivity index (χ0n) is 14.9. The van der Waals surface area contributed by atoms with Gasteiger partial charge in [-0.2, -0.15) is 0 Å². The Bertz CT molecular complexity index is 895. The standard InChI is InChI=1S/C21H23N3OS/c1-15-4-6-17(7-5-15)26-14-20(25)24-11-8-16(9-12-24)19-13-23-21-18(19)3-2-10-22-21/h2-7,10,13,16H,8-9,11-12,14H2,1H3,(H,22,23). The Morgan fingerprint density at radius 1 is 1.23 bits per heavy atom. The maximum absolute atomic E-state index is 12.5. The van der Waals surface area contributed by atoms with Crippen molar-refractivity contribution in [3.63, 3.8) is 0 Å². The van der Waals surface area contributed by atoms with Crippen molar-refractivity contribution in [3.8, 4) is 0 Å². The van der Waals surface area contributed by atoms with Crippen LogP contribution in [0, 0.1) is 6.92 Å². The largest absolute Gasteiger partial charge is 0.346 e. The third-order valence-electron chi connectivity index (χ3n) is 5.15. The van der Waals surface area contributed by atoms with Gasteiger partial charge in [-0.15, -0.1) is 11.8 Å². The number of hydrogen-bond acceptors (Lipinski definition) is 3. The maximum Gasteiger partial charge on any atom is 0.232 e. The number of carbonyl (C=O) groups is 1. The number of rotatable bonds is 4. The van der Waals surface area contributed by atoms with Crippen molar-refractivity contribution >= 4 is 28.7 Å². The van der Waals surface area contributed by atoms with Gasteiger partial charge in [0.25, 0.3) is 0 Å². The number of pyridine rings is 1. The van der Waals surface area contributed by atoms with Crippen LogP contribution in [0.5, 0.6) is 0 Å². The number of aromatic nitrogens is 2. The van der Waals surface area contributed by atoms with Crippen molar-refractivity contribution in [2.45, 2.75) is 30.6 Å². The normalized spacial score (nSPS) is 15.5. The first-order valence-electron chi connectivity index (χ1n) is 9.10. The smallest absolute Gasteiger partial charge is 0.232 e. The first-order valence-corrected chi connectivity index (χ1v) is 10.1. The quantitative estimate of drug-likeness (QED) is 0.699. The molecule has 1 fully saturated rings. The van der Waals surface area contributed by atoms with Crippen LogP contribution in [0.1, 0.15) is 29.9 Å². The molecule has 1 amide bonds. The summed E-state index contributed by atoms with van der Waals surface area (Å²) >= 11 is 1.63. The van der Waals surface area contributed by atoms with Crippen molar-refractivity contribution in [2.75, 3.05) is 18.8 Å². The molecule has 0 atom stereocenters. The van der Waals surface area contributed by atoms with E-state index in [-0.39, 0.29) is 5.91 Å². The SMILES string of the molecule is Cc1ccc(SCC(=O)N2CCC(c3c[nH]c4ncccc34)CC2)cc1. The fourth-order valence-electron chi connectivity index (χ4n) is 3.63. The maximum atomic E-state index is 12.5. The molecule has 3 heterocycles. The average Bonchev–Trinajstić information content (AvgIpc) is 3.11. The van der Waals surface area contributed by atoms with Crippen molar-refractivity contribution in [3.05, 3.63) is 59.9 Å². The number of benzene rings is 1. The van der Waals surface area contributed by atoms with Gasteiger partial charge in [0.15, 0.2) is 0 Å². The Kier molecular flexibility index (Phi) is 4.98. The minimum Gasteiger partial charge on any atom is -0.346 e. The lowest BCUT2D eigenvalue weighted by molar-refractivity contribution is -0.129. The summed E-state index contributed by atoms with van der Waals surface area (Å²) < 4.78 is 0. The molecule has 1 aliphatic rings. The summed E-state index contributed by atoms with van der Waals surface area (Å²) in [5.41, 5.74) is 3.54. The Morgan fingerprint density at radius 2 is 2.00 bits per heavy atom. The highest BCUT2D eigenvalue weighted by Crippen LogP contribution is 2.32. The monoisotopic (exact) mass is 365 g/mol. The molecule has 4 rings (SSSR count). The minimum absolute atomic E-state index is 0.245. The Hall–Kier alpha value is -2.27. The van der Waals surface area contributed by atoms with E-state index in [0.29, 0.717) is 11.7 Å². The fraction of sp³-hybridized carbons (Fsp3) is 0.333. The van der Waals surface area contributed by atoms with Crippen LogP contribution in [-0.4, -0.2) is 39.6 Å². The molecule has 0 radical (unpaired) electrons. The lowest BCUT2D eigenvalue weighted by Crippen LogP contribution is -2.38. The van der Waals surface area contributed by atoms with E-state index in [1.54, 1.807) is 11.8 Å². The third kappa shape index (κ3) is 3.63. The van der Waals surface area contributed by atoms with E-state index < -0.39 is 0 Å². The summed E-state index contributed by atoms with van der Waals surface area (Å²) in [6.07, 6.45) is 5.94. The van der Waals surface area contributed by atoms with Crippen LogP contribution in [0.15, 0.2) is 53.7 Å². The van der Waals surface area contributed by atoms with E-state index >= 15 is 0 Å². The van der Waals surface area contributed by atoms with Crippen molar-refractivity contribution in [1.29, 1.82) is 0 Å². The summed E-state index contributed by atoms with van der Waals surface area (Å²) in [5.74, 6) is 1.27. The molecule has 4 nitrogen and oxygen atoms in total. The lowest BCUT2D eigenvalue weighted by Gasteiger charge is -2.32. The number of piperidine rings is 1. The molecule has 0 bridgehead atoms. The molecule has 0 aliphatic carbocycles. The van der Waals surface area contributed by atoms with Gasteiger partial charge in [-0.3, -0.25) is 4.79 Å². The summed E-state index contributed by atoms with van der Waals surface area (Å²) in [5, 5.41) is 1.22. The van der Waals surface area contributed by atoms with Gasteiger partial charge in [-0.05, 0) is 55.5 Å². The van der Waals surface area contributed by atoms with Gasteiger partial charge >= 0.3 is 0 Å². The first-order chi connectivity index (χ1) is 12.7. The molecule has 1 saturated heterocycles. The van der Waals surface area contributed by atoms with E-state index in [1.165, 1.54) is 16.5 Å². The number of aryl methyl sites for hydroxylation is 1. The molecule has 3 aromatic rings. The summed E-state index contributed by atoms with van der Waals surface area (Å²) in [6.45, 7) is 3.75. The number of nitrogens with zero attached hydrogens (tertiary/aromatic N) is 2. The second-order valence-electron chi connectivity index (χ2n) is 6.90. The molecule has 0 saturated carbocycles. The number of carbonyl (C=O) groups excluding carboxylic acids is 1. The van der Waals surface area contributed by atoms with Crippen LogP contribution in [-0.2, 0) is 4.79 Å². The number of aromatic amines is 1. The van der Waals surface area contributed by atoms with E-state index in [9.17, 15) is 4.79 Å². The van der Waals surface area contributed by atoms with Crippen molar-refractivity contribution < 1.29 is 4.79 Å². The molecule has 1 aliphatic heterocycles. The highest BCUT2D eigenvalue weighted by atomic mass is 32.2. The van der Waals surface area contributed by atoms with E-state index in [4.69, 9.17) is 0 Å². The van der Waals surface area contributed by atoms with Gasteiger partial charge in [0.2, 0.25) is 5.91 Å². The van der Waals surface area contributed by atoms with Crippen LogP contribution in [0.2, 0.25) is 0 Å². The zero-order chi connectivity index (χ0) is 17.9. The van der Waals surface area contributed by atoms with Crippen molar-refractivity contribution in [2.24, 2.45) is 0 Å². The fourth-order valence-corrected chi connectivity index (χ4v) is 4.43. The van der Waals surface area contributed by atoms with Crippen LogP contribution >= 0.6 is 11.8 Å².